The first kappa shape index (κ1) is 17.0. The SMILES string of the molecule is CCN(CC)C(=O)CCCSc1nnc(CN)n1CC. The third kappa shape index (κ3) is 4.49. The molecular weight excluding hydrogens is 274 g/mol. The summed E-state index contributed by atoms with van der Waals surface area (Å²) in [5.74, 6) is 1.92. The Morgan fingerprint density at radius 1 is 1.30 bits per heavy atom. The molecule has 2 N–H and O–H groups in total. The summed E-state index contributed by atoms with van der Waals surface area (Å²) in [4.78, 5) is 13.7. The van der Waals surface area contributed by atoms with E-state index < -0.39 is 0 Å². The molecular formula is C13H25N5OS. The zero-order chi connectivity index (χ0) is 15.0. The molecule has 1 rings (SSSR count). The van der Waals surface area contributed by atoms with Gasteiger partial charge < -0.3 is 15.2 Å². The van der Waals surface area contributed by atoms with Gasteiger partial charge in [0.05, 0.1) is 6.54 Å². The molecule has 0 saturated carbocycles. The topological polar surface area (TPSA) is 77.0 Å². The first-order valence-electron chi connectivity index (χ1n) is 7.20. The van der Waals surface area contributed by atoms with Crippen molar-refractivity contribution in [2.45, 2.75) is 51.9 Å². The highest BCUT2D eigenvalue weighted by Crippen LogP contribution is 2.18. The molecule has 0 aliphatic carbocycles. The van der Waals surface area contributed by atoms with E-state index in [0.29, 0.717) is 13.0 Å². The van der Waals surface area contributed by atoms with Crippen LogP contribution in [-0.2, 0) is 17.9 Å². The van der Waals surface area contributed by atoms with Crippen LogP contribution in [0, 0.1) is 0 Å². The molecule has 0 aromatic carbocycles. The molecule has 0 unspecified atom stereocenters. The van der Waals surface area contributed by atoms with Gasteiger partial charge >= 0.3 is 0 Å². The Morgan fingerprint density at radius 2 is 2.00 bits per heavy atom. The zero-order valence-electron chi connectivity index (χ0n) is 12.6. The van der Waals surface area contributed by atoms with Crippen LogP contribution in [0.4, 0.5) is 0 Å². The number of rotatable bonds is 9. The third-order valence-electron chi connectivity index (χ3n) is 3.17. The van der Waals surface area contributed by atoms with Crippen molar-refractivity contribution < 1.29 is 4.79 Å². The molecule has 1 aromatic heterocycles. The molecule has 0 aliphatic rings. The lowest BCUT2D eigenvalue weighted by Gasteiger charge is -2.18. The Balaban J connectivity index is 2.38. The monoisotopic (exact) mass is 299 g/mol. The molecule has 6 nitrogen and oxygen atoms in total. The minimum Gasteiger partial charge on any atom is -0.343 e. The van der Waals surface area contributed by atoms with Gasteiger partial charge in [-0.1, -0.05) is 11.8 Å². The number of amides is 1. The van der Waals surface area contributed by atoms with Gasteiger partial charge in [0.2, 0.25) is 5.91 Å². The number of nitrogens with zero attached hydrogens (tertiary/aromatic N) is 4. The van der Waals surface area contributed by atoms with Crippen molar-refractivity contribution in [3.05, 3.63) is 5.82 Å². The van der Waals surface area contributed by atoms with Gasteiger partial charge in [-0.05, 0) is 27.2 Å². The van der Waals surface area contributed by atoms with Crippen LogP contribution in [0.25, 0.3) is 0 Å². The Kier molecular flexibility index (Phi) is 7.61. The van der Waals surface area contributed by atoms with E-state index >= 15 is 0 Å². The van der Waals surface area contributed by atoms with Crippen molar-refractivity contribution in [2.75, 3.05) is 18.8 Å². The van der Waals surface area contributed by atoms with E-state index in [1.807, 2.05) is 23.3 Å². The average molecular weight is 299 g/mol. The number of carbonyl (C=O) groups is 1. The van der Waals surface area contributed by atoms with Crippen molar-refractivity contribution in [2.24, 2.45) is 5.73 Å². The number of hydrogen-bond donors (Lipinski definition) is 1. The van der Waals surface area contributed by atoms with E-state index in [4.69, 9.17) is 5.73 Å². The van der Waals surface area contributed by atoms with Crippen molar-refractivity contribution in [1.82, 2.24) is 19.7 Å². The minimum absolute atomic E-state index is 0.232. The average Bonchev–Trinajstić information content (AvgIpc) is 2.86. The fourth-order valence-corrected chi connectivity index (χ4v) is 2.98. The third-order valence-corrected chi connectivity index (χ3v) is 4.23. The molecule has 20 heavy (non-hydrogen) atoms. The largest absolute Gasteiger partial charge is 0.343 e. The summed E-state index contributed by atoms with van der Waals surface area (Å²) in [5.41, 5.74) is 5.62. The Labute approximate surface area is 125 Å². The molecule has 1 aromatic rings. The van der Waals surface area contributed by atoms with Gasteiger partial charge in [0, 0.05) is 31.8 Å². The second-order valence-corrected chi connectivity index (χ2v) is 5.43. The lowest BCUT2D eigenvalue weighted by molar-refractivity contribution is -0.130. The van der Waals surface area contributed by atoms with Crippen molar-refractivity contribution in [3.63, 3.8) is 0 Å². The van der Waals surface area contributed by atoms with Crippen molar-refractivity contribution >= 4 is 17.7 Å². The predicted molar refractivity (Wildman–Crippen MR) is 81.5 cm³/mol. The van der Waals surface area contributed by atoms with Crippen molar-refractivity contribution in [1.29, 1.82) is 0 Å². The van der Waals surface area contributed by atoms with Gasteiger partial charge in [0.25, 0.3) is 0 Å². The molecule has 7 heteroatoms. The summed E-state index contributed by atoms with van der Waals surface area (Å²) in [6, 6.07) is 0. The van der Waals surface area contributed by atoms with E-state index in [1.54, 1.807) is 11.8 Å². The second-order valence-electron chi connectivity index (χ2n) is 4.37. The normalized spacial score (nSPS) is 10.8. The fraction of sp³-hybridized carbons (Fsp3) is 0.769. The highest BCUT2D eigenvalue weighted by Gasteiger charge is 2.11. The quantitative estimate of drug-likeness (QED) is 0.552. The van der Waals surface area contributed by atoms with Crippen LogP contribution in [0.3, 0.4) is 0 Å². The molecule has 1 amide bonds. The maximum atomic E-state index is 11.9. The zero-order valence-corrected chi connectivity index (χ0v) is 13.4. The van der Waals surface area contributed by atoms with Gasteiger partial charge in [-0.15, -0.1) is 10.2 Å². The molecule has 0 radical (unpaired) electrons. The molecule has 0 bridgehead atoms. The number of nitrogens with two attached hydrogens (primary N) is 1. The Hall–Kier alpha value is -1.08. The van der Waals surface area contributed by atoms with Crippen LogP contribution in [0.2, 0.25) is 0 Å². The number of thioether (sulfide) groups is 1. The molecule has 1 heterocycles. The van der Waals surface area contributed by atoms with Gasteiger partial charge in [-0.2, -0.15) is 0 Å². The van der Waals surface area contributed by atoms with Crippen molar-refractivity contribution in [3.8, 4) is 0 Å². The summed E-state index contributed by atoms with van der Waals surface area (Å²) in [5, 5.41) is 9.10. The number of carbonyl (C=O) groups excluding carboxylic acids is 1. The summed E-state index contributed by atoms with van der Waals surface area (Å²) < 4.78 is 2.02. The molecule has 114 valence electrons. The van der Waals surface area contributed by atoms with Crippen LogP contribution in [0.5, 0.6) is 0 Å². The Morgan fingerprint density at radius 3 is 2.55 bits per heavy atom. The maximum Gasteiger partial charge on any atom is 0.222 e. The molecule has 0 saturated heterocycles. The van der Waals surface area contributed by atoms with Crippen LogP contribution in [-0.4, -0.2) is 44.4 Å². The maximum absolute atomic E-state index is 11.9. The Bertz CT molecular complexity index is 417. The number of hydrogen-bond acceptors (Lipinski definition) is 5. The van der Waals surface area contributed by atoms with Crippen LogP contribution in [0.1, 0.15) is 39.4 Å². The summed E-state index contributed by atoms with van der Waals surface area (Å²) in [6.45, 7) is 8.86. The number of aromatic nitrogens is 3. The van der Waals surface area contributed by atoms with Crippen LogP contribution >= 0.6 is 11.8 Å². The van der Waals surface area contributed by atoms with E-state index in [2.05, 4.69) is 17.1 Å². The van der Waals surface area contributed by atoms with Gasteiger partial charge in [0.1, 0.15) is 5.82 Å². The minimum atomic E-state index is 0.232. The standard InChI is InChI=1S/C13H25N5OS/c1-4-17(5-2)12(19)8-7-9-20-13-16-15-11(10-14)18(13)6-3/h4-10,14H2,1-3H3. The molecule has 0 aliphatic heterocycles. The molecule has 0 atom stereocenters. The molecule has 0 fully saturated rings. The second kappa shape index (κ2) is 8.97. The van der Waals surface area contributed by atoms with Crippen LogP contribution in [0.15, 0.2) is 5.16 Å². The predicted octanol–water partition coefficient (Wildman–Crippen LogP) is 1.50. The van der Waals surface area contributed by atoms with E-state index in [0.717, 1.165) is 42.8 Å². The fourth-order valence-electron chi connectivity index (χ4n) is 2.02. The van der Waals surface area contributed by atoms with E-state index in [1.165, 1.54) is 0 Å². The van der Waals surface area contributed by atoms with Crippen LogP contribution < -0.4 is 5.73 Å². The summed E-state index contributed by atoms with van der Waals surface area (Å²) in [7, 11) is 0. The highest BCUT2D eigenvalue weighted by atomic mass is 32.2. The van der Waals surface area contributed by atoms with E-state index in [-0.39, 0.29) is 5.91 Å². The summed E-state index contributed by atoms with van der Waals surface area (Å²) in [6.07, 6.45) is 1.45. The summed E-state index contributed by atoms with van der Waals surface area (Å²) >= 11 is 1.64. The van der Waals surface area contributed by atoms with E-state index in [9.17, 15) is 4.79 Å². The lowest BCUT2D eigenvalue weighted by atomic mass is 10.3. The van der Waals surface area contributed by atoms with Gasteiger partial charge in [-0.3, -0.25) is 4.79 Å². The lowest BCUT2D eigenvalue weighted by Crippen LogP contribution is -2.30. The first-order valence-corrected chi connectivity index (χ1v) is 8.19. The first-order chi connectivity index (χ1) is 9.67. The van der Waals surface area contributed by atoms with Gasteiger partial charge in [-0.25, -0.2) is 0 Å². The smallest absolute Gasteiger partial charge is 0.222 e. The van der Waals surface area contributed by atoms with Gasteiger partial charge in [0.15, 0.2) is 5.16 Å². The highest BCUT2D eigenvalue weighted by molar-refractivity contribution is 7.99. The molecule has 0 spiro atoms.